The second-order valence-electron chi connectivity index (χ2n) is 4.59. The van der Waals surface area contributed by atoms with E-state index in [0.29, 0.717) is 0 Å². The SMILES string of the molecule is CCOC(=O)C(C(C)=O)(C(=O)OCC)C(=O)c1ccccc1O. The Bertz CT molecular complexity index is 615. The Kier molecular flexibility index (Phi) is 6.01. The summed E-state index contributed by atoms with van der Waals surface area (Å²) < 4.78 is 9.51. The summed E-state index contributed by atoms with van der Waals surface area (Å²) in [6.45, 7) is 3.59. The molecule has 0 aliphatic heterocycles. The van der Waals surface area contributed by atoms with Crippen molar-refractivity contribution >= 4 is 23.5 Å². The van der Waals surface area contributed by atoms with Gasteiger partial charge in [0, 0.05) is 0 Å². The smallest absolute Gasteiger partial charge is 0.339 e. The molecule has 1 aromatic rings. The number of hydrogen-bond acceptors (Lipinski definition) is 7. The second-order valence-corrected chi connectivity index (χ2v) is 4.59. The number of para-hydroxylation sites is 1. The van der Waals surface area contributed by atoms with Crippen molar-refractivity contribution in [2.24, 2.45) is 5.41 Å². The maximum Gasteiger partial charge on any atom is 0.339 e. The van der Waals surface area contributed by atoms with Crippen LogP contribution in [0.5, 0.6) is 5.75 Å². The van der Waals surface area contributed by atoms with E-state index in [1.807, 2.05) is 0 Å². The van der Waals surface area contributed by atoms with Crippen LogP contribution in [0.3, 0.4) is 0 Å². The Morgan fingerprint density at radius 1 is 1.00 bits per heavy atom. The van der Waals surface area contributed by atoms with Crippen molar-refractivity contribution in [1.29, 1.82) is 0 Å². The Morgan fingerprint density at radius 3 is 1.87 bits per heavy atom. The molecule has 0 aliphatic carbocycles. The molecule has 1 aromatic carbocycles. The van der Waals surface area contributed by atoms with Crippen molar-refractivity contribution in [3.05, 3.63) is 29.8 Å². The van der Waals surface area contributed by atoms with Crippen LogP contribution in [0.25, 0.3) is 0 Å². The maximum atomic E-state index is 12.8. The summed E-state index contributed by atoms with van der Waals surface area (Å²) in [4.78, 5) is 49.5. The predicted octanol–water partition coefficient (Wildman–Crippen LogP) is 1.28. The van der Waals surface area contributed by atoms with Gasteiger partial charge in [-0.05, 0) is 32.9 Å². The Labute approximate surface area is 133 Å². The Hall–Kier alpha value is -2.70. The highest BCUT2D eigenvalue weighted by Crippen LogP contribution is 2.32. The molecular weight excluding hydrogens is 304 g/mol. The van der Waals surface area contributed by atoms with E-state index in [1.165, 1.54) is 38.1 Å². The quantitative estimate of drug-likeness (QED) is 0.457. The molecular formula is C16H18O7. The average molecular weight is 322 g/mol. The molecule has 0 aliphatic rings. The van der Waals surface area contributed by atoms with E-state index in [9.17, 15) is 24.3 Å². The van der Waals surface area contributed by atoms with Crippen LogP contribution in [0.15, 0.2) is 24.3 Å². The molecule has 7 nitrogen and oxygen atoms in total. The molecule has 0 atom stereocenters. The van der Waals surface area contributed by atoms with Gasteiger partial charge in [0.05, 0.1) is 18.8 Å². The van der Waals surface area contributed by atoms with Crippen LogP contribution in [0.4, 0.5) is 0 Å². The summed E-state index contributed by atoms with van der Waals surface area (Å²) in [7, 11) is 0. The minimum absolute atomic E-state index is 0.138. The first-order chi connectivity index (χ1) is 10.8. The van der Waals surface area contributed by atoms with Crippen LogP contribution in [-0.2, 0) is 23.9 Å². The largest absolute Gasteiger partial charge is 0.507 e. The molecule has 0 bridgehead atoms. The van der Waals surface area contributed by atoms with Gasteiger partial charge in [-0.1, -0.05) is 12.1 Å². The molecule has 0 saturated heterocycles. The van der Waals surface area contributed by atoms with E-state index in [2.05, 4.69) is 0 Å². The molecule has 0 spiro atoms. The maximum absolute atomic E-state index is 12.8. The lowest BCUT2D eigenvalue weighted by Gasteiger charge is -2.25. The zero-order valence-corrected chi connectivity index (χ0v) is 13.1. The monoisotopic (exact) mass is 322 g/mol. The molecule has 124 valence electrons. The van der Waals surface area contributed by atoms with Crippen LogP contribution in [-0.4, -0.2) is 41.8 Å². The lowest BCUT2D eigenvalue weighted by molar-refractivity contribution is -0.169. The standard InChI is InChI=1S/C16H18O7/c1-4-22-14(20)16(10(3)17,15(21)23-5-2)13(19)11-8-6-7-9-12(11)18/h6-9,18H,4-5H2,1-3H3. The zero-order chi connectivity index (χ0) is 17.6. The molecule has 1 rings (SSSR count). The number of phenolic OH excluding ortho intramolecular Hbond substituents is 1. The molecule has 0 aromatic heterocycles. The predicted molar refractivity (Wildman–Crippen MR) is 78.8 cm³/mol. The van der Waals surface area contributed by atoms with E-state index in [4.69, 9.17) is 9.47 Å². The second kappa shape index (κ2) is 7.53. The topological polar surface area (TPSA) is 107 Å². The highest BCUT2D eigenvalue weighted by Gasteiger charge is 2.60. The van der Waals surface area contributed by atoms with Crippen molar-refractivity contribution in [2.75, 3.05) is 13.2 Å². The fourth-order valence-corrected chi connectivity index (χ4v) is 2.06. The Morgan fingerprint density at radius 2 is 1.48 bits per heavy atom. The average Bonchev–Trinajstić information content (AvgIpc) is 2.48. The number of phenols is 1. The van der Waals surface area contributed by atoms with Crippen molar-refractivity contribution in [3.8, 4) is 5.75 Å². The van der Waals surface area contributed by atoms with Crippen molar-refractivity contribution in [3.63, 3.8) is 0 Å². The van der Waals surface area contributed by atoms with Gasteiger partial charge in [0.25, 0.3) is 5.41 Å². The number of esters is 2. The molecule has 0 radical (unpaired) electrons. The van der Waals surface area contributed by atoms with E-state index < -0.39 is 34.7 Å². The number of hydrogen-bond donors (Lipinski definition) is 1. The highest BCUT2D eigenvalue weighted by molar-refractivity contribution is 6.39. The van der Waals surface area contributed by atoms with Crippen LogP contribution in [0, 0.1) is 5.41 Å². The van der Waals surface area contributed by atoms with Crippen molar-refractivity contribution in [2.45, 2.75) is 20.8 Å². The third kappa shape index (κ3) is 3.23. The van der Waals surface area contributed by atoms with Gasteiger partial charge in [0.15, 0.2) is 5.78 Å². The van der Waals surface area contributed by atoms with Gasteiger partial charge in [-0.3, -0.25) is 9.59 Å². The van der Waals surface area contributed by atoms with Crippen LogP contribution in [0.1, 0.15) is 31.1 Å². The summed E-state index contributed by atoms with van der Waals surface area (Å²) in [6, 6.07) is 5.28. The number of carbonyl (C=O) groups excluding carboxylic acids is 4. The molecule has 7 heteroatoms. The van der Waals surface area contributed by atoms with Gasteiger partial charge in [0.2, 0.25) is 5.78 Å². The van der Waals surface area contributed by atoms with Gasteiger partial charge >= 0.3 is 11.9 Å². The van der Waals surface area contributed by atoms with Gasteiger partial charge < -0.3 is 14.6 Å². The Balaban J connectivity index is 3.58. The molecule has 1 N–H and O–H groups in total. The van der Waals surface area contributed by atoms with E-state index in [0.717, 1.165) is 6.92 Å². The van der Waals surface area contributed by atoms with Crippen molar-refractivity contribution < 1.29 is 33.8 Å². The third-order valence-electron chi connectivity index (χ3n) is 3.18. The summed E-state index contributed by atoms with van der Waals surface area (Å²) in [6.07, 6.45) is 0. The molecule has 0 fully saturated rings. The lowest BCUT2D eigenvalue weighted by Crippen LogP contribution is -2.53. The minimum Gasteiger partial charge on any atom is -0.507 e. The summed E-state index contributed by atoms with van der Waals surface area (Å²) in [5.41, 5.74) is -3.13. The number of Topliss-reactive ketones (excluding diaryl/α,β-unsaturated/α-hetero) is 2. The highest BCUT2D eigenvalue weighted by atomic mass is 16.6. The fourth-order valence-electron chi connectivity index (χ4n) is 2.06. The van der Waals surface area contributed by atoms with Crippen molar-refractivity contribution in [1.82, 2.24) is 0 Å². The van der Waals surface area contributed by atoms with Gasteiger partial charge in [-0.15, -0.1) is 0 Å². The first kappa shape index (κ1) is 18.3. The first-order valence-corrected chi connectivity index (χ1v) is 7.02. The molecule has 0 saturated carbocycles. The fraction of sp³-hybridized carbons (Fsp3) is 0.375. The summed E-state index contributed by atoms with van der Waals surface area (Å²) in [5.74, 6) is -5.32. The summed E-state index contributed by atoms with van der Waals surface area (Å²) >= 11 is 0. The first-order valence-electron chi connectivity index (χ1n) is 7.02. The zero-order valence-electron chi connectivity index (χ0n) is 13.1. The number of ether oxygens (including phenoxy) is 2. The number of ketones is 2. The van der Waals surface area contributed by atoms with E-state index in [-0.39, 0.29) is 18.8 Å². The van der Waals surface area contributed by atoms with Crippen LogP contribution < -0.4 is 0 Å². The third-order valence-corrected chi connectivity index (χ3v) is 3.18. The van der Waals surface area contributed by atoms with Crippen LogP contribution in [0.2, 0.25) is 0 Å². The molecule has 0 amide bonds. The van der Waals surface area contributed by atoms with Gasteiger partial charge in [-0.25, -0.2) is 9.59 Å². The number of rotatable bonds is 7. The number of benzene rings is 1. The van der Waals surface area contributed by atoms with Gasteiger partial charge in [0.1, 0.15) is 5.75 Å². The normalized spacial score (nSPS) is 10.7. The van der Waals surface area contributed by atoms with E-state index in [1.54, 1.807) is 0 Å². The minimum atomic E-state index is -2.79. The number of aromatic hydroxyl groups is 1. The number of carbonyl (C=O) groups is 4. The van der Waals surface area contributed by atoms with Crippen LogP contribution >= 0.6 is 0 Å². The molecule has 0 unspecified atom stereocenters. The molecule has 23 heavy (non-hydrogen) atoms. The lowest BCUT2D eigenvalue weighted by atomic mass is 9.76. The van der Waals surface area contributed by atoms with Gasteiger partial charge in [-0.2, -0.15) is 0 Å². The summed E-state index contributed by atoms with van der Waals surface area (Å²) in [5, 5.41) is 9.81. The van der Waals surface area contributed by atoms with E-state index >= 15 is 0 Å². The molecule has 0 heterocycles.